The van der Waals surface area contributed by atoms with Gasteiger partial charge in [0.15, 0.2) is 6.54 Å². The maximum atomic E-state index is 12.1. The molecule has 0 fully saturated rings. The van der Waals surface area contributed by atoms with E-state index >= 15 is 0 Å². The van der Waals surface area contributed by atoms with Crippen LogP contribution in [-0.2, 0) is 11.3 Å². The van der Waals surface area contributed by atoms with Crippen LogP contribution in [0.15, 0.2) is 54.6 Å². The van der Waals surface area contributed by atoms with Gasteiger partial charge in [0.1, 0.15) is 6.54 Å². The zero-order chi connectivity index (χ0) is 15.9. The van der Waals surface area contributed by atoms with Crippen LogP contribution in [0.1, 0.15) is 24.1 Å². The van der Waals surface area contributed by atoms with Gasteiger partial charge in [0.05, 0.1) is 13.1 Å². The summed E-state index contributed by atoms with van der Waals surface area (Å²) in [4.78, 5) is 13.3. The number of amides is 1. The van der Waals surface area contributed by atoms with Crippen molar-refractivity contribution in [1.82, 2.24) is 5.32 Å². The van der Waals surface area contributed by atoms with Crippen molar-refractivity contribution in [3.05, 3.63) is 70.7 Å². The van der Waals surface area contributed by atoms with E-state index in [-0.39, 0.29) is 11.9 Å². The highest BCUT2D eigenvalue weighted by atomic mass is 35.5. The lowest BCUT2D eigenvalue weighted by molar-refractivity contribution is -0.885. The maximum Gasteiger partial charge on any atom is 0.275 e. The van der Waals surface area contributed by atoms with Crippen LogP contribution >= 0.6 is 11.6 Å². The third kappa shape index (κ3) is 4.86. The molecule has 3 nitrogen and oxygen atoms in total. The molecule has 2 rings (SSSR count). The number of halogens is 1. The smallest absolute Gasteiger partial charge is 0.275 e. The molecule has 0 heterocycles. The number of rotatable bonds is 6. The fourth-order valence-corrected chi connectivity index (χ4v) is 2.62. The number of nitrogens with one attached hydrogen (secondary N) is 2. The predicted molar refractivity (Wildman–Crippen MR) is 89.9 cm³/mol. The Kier molecular flexibility index (Phi) is 5.99. The van der Waals surface area contributed by atoms with Gasteiger partial charge in [-0.15, -0.1) is 0 Å². The van der Waals surface area contributed by atoms with Crippen LogP contribution in [0.2, 0.25) is 5.02 Å². The quantitative estimate of drug-likeness (QED) is 0.841. The maximum absolute atomic E-state index is 12.1. The van der Waals surface area contributed by atoms with Crippen molar-refractivity contribution in [3.63, 3.8) is 0 Å². The molecule has 0 aromatic heterocycles. The molecule has 1 amide bonds. The van der Waals surface area contributed by atoms with E-state index in [1.807, 2.05) is 68.6 Å². The first-order valence-electron chi connectivity index (χ1n) is 7.45. The van der Waals surface area contributed by atoms with Gasteiger partial charge in [-0.25, -0.2) is 0 Å². The van der Waals surface area contributed by atoms with Crippen molar-refractivity contribution in [2.24, 2.45) is 0 Å². The van der Waals surface area contributed by atoms with Crippen molar-refractivity contribution in [3.8, 4) is 0 Å². The van der Waals surface area contributed by atoms with E-state index in [4.69, 9.17) is 11.6 Å². The normalized spacial score (nSPS) is 13.4. The van der Waals surface area contributed by atoms with Crippen LogP contribution < -0.4 is 10.2 Å². The lowest BCUT2D eigenvalue weighted by atomic mass is 10.1. The fraction of sp³-hybridized carbons (Fsp3) is 0.278. The van der Waals surface area contributed by atoms with Gasteiger partial charge in [-0.05, 0) is 18.6 Å². The van der Waals surface area contributed by atoms with E-state index in [2.05, 4.69) is 5.32 Å². The van der Waals surface area contributed by atoms with Crippen LogP contribution in [0, 0.1) is 0 Å². The van der Waals surface area contributed by atoms with Gasteiger partial charge < -0.3 is 10.2 Å². The zero-order valence-corrected chi connectivity index (χ0v) is 13.7. The van der Waals surface area contributed by atoms with E-state index in [1.165, 1.54) is 0 Å². The van der Waals surface area contributed by atoms with Crippen LogP contribution in [0.4, 0.5) is 0 Å². The molecule has 0 aliphatic carbocycles. The Balaban J connectivity index is 1.85. The first-order valence-corrected chi connectivity index (χ1v) is 7.83. The number of carbonyl (C=O) groups excluding carboxylic acids is 1. The molecule has 0 aliphatic rings. The lowest BCUT2D eigenvalue weighted by Gasteiger charge is -2.18. The number of benzene rings is 2. The predicted octanol–water partition coefficient (Wildman–Crippen LogP) is 2.23. The number of hydrogen-bond donors (Lipinski definition) is 2. The second-order valence-corrected chi connectivity index (χ2v) is 6.01. The molecule has 0 radical (unpaired) electrons. The summed E-state index contributed by atoms with van der Waals surface area (Å²) in [6.45, 7) is 3.14. The van der Waals surface area contributed by atoms with E-state index in [9.17, 15) is 4.79 Å². The van der Waals surface area contributed by atoms with E-state index < -0.39 is 0 Å². The third-order valence-electron chi connectivity index (χ3n) is 3.59. The Labute approximate surface area is 136 Å². The van der Waals surface area contributed by atoms with Crippen molar-refractivity contribution >= 4 is 17.5 Å². The lowest BCUT2D eigenvalue weighted by Crippen LogP contribution is -3.08. The minimum absolute atomic E-state index is 0.0156. The summed E-state index contributed by atoms with van der Waals surface area (Å²) in [6.07, 6.45) is 0. The molecule has 2 aromatic rings. The minimum atomic E-state index is 0.0156. The molecule has 0 spiro atoms. The van der Waals surface area contributed by atoms with Crippen molar-refractivity contribution < 1.29 is 9.69 Å². The number of likely N-dealkylation sites (N-methyl/N-ethyl adjacent to an activating group) is 1. The molecule has 2 N–H and O–H groups in total. The number of hydrogen-bond acceptors (Lipinski definition) is 1. The summed E-state index contributed by atoms with van der Waals surface area (Å²) >= 11 is 6.16. The van der Waals surface area contributed by atoms with Crippen LogP contribution in [0.5, 0.6) is 0 Å². The van der Waals surface area contributed by atoms with Gasteiger partial charge in [-0.3, -0.25) is 4.79 Å². The monoisotopic (exact) mass is 317 g/mol. The van der Waals surface area contributed by atoms with Gasteiger partial charge in [0, 0.05) is 10.6 Å². The molecule has 0 bridgehead atoms. The van der Waals surface area contributed by atoms with E-state index in [1.54, 1.807) is 0 Å². The van der Waals surface area contributed by atoms with Crippen molar-refractivity contribution in [1.29, 1.82) is 0 Å². The minimum Gasteiger partial charge on any atom is -0.345 e. The summed E-state index contributed by atoms with van der Waals surface area (Å²) in [6, 6.07) is 17.7. The van der Waals surface area contributed by atoms with Gasteiger partial charge in [-0.1, -0.05) is 60.1 Å². The van der Waals surface area contributed by atoms with Gasteiger partial charge in [0.2, 0.25) is 0 Å². The van der Waals surface area contributed by atoms with E-state index in [0.717, 1.165) is 27.6 Å². The first kappa shape index (κ1) is 16.5. The van der Waals surface area contributed by atoms with Gasteiger partial charge in [-0.2, -0.15) is 0 Å². The molecular weight excluding hydrogens is 296 g/mol. The highest BCUT2D eigenvalue weighted by Crippen LogP contribution is 2.13. The molecule has 2 atom stereocenters. The topological polar surface area (TPSA) is 33.5 Å². The summed E-state index contributed by atoms with van der Waals surface area (Å²) < 4.78 is 0. The average Bonchev–Trinajstić information content (AvgIpc) is 2.50. The zero-order valence-electron chi connectivity index (χ0n) is 13.0. The molecule has 0 saturated carbocycles. The summed E-state index contributed by atoms with van der Waals surface area (Å²) in [5, 5.41) is 3.78. The first-order chi connectivity index (χ1) is 10.6. The molecule has 2 aromatic carbocycles. The Morgan fingerprint density at radius 3 is 2.45 bits per heavy atom. The second-order valence-electron chi connectivity index (χ2n) is 5.60. The Morgan fingerprint density at radius 1 is 1.14 bits per heavy atom. The fourth-order valence-electron chi connectivity index (χ4n) is 2.42. The number of quaternary nitrogens is 1. The molecule has 0 saturated heterocycles. The Hall–Kier alpha value is -1.84. The van der Waals surface area contributed by atoms with Crippen molar-refractivity contribution in [2.75, 3.05) is 13.6 Å². The van der Waals surface area contributed by atoms with E-state index in [0.29, 0.717) is 6.54 Å². The van der Waals surface area contributed by atoms with Gasteiger partial charge >= 0.3 is 0 Å². The average molecular weight is 318 g/mol. The highest BCUT2D eigenvalue weighted by molar-refractivity contribution is 6.31. The molecule has 0 aliphatic heterocycles. The van der Waals surface area contributed by atoms with Crippen LogP contribution in [0.25, 0.3) is 0 Å². The molecule has 4 heteroatoms. The molecule has 1 unspecified atom stereocenters. The number of carbonyl (C=O) groups is 1. The SMILES string of the molecule is C[C@H](NC(=O)C[NH+](C)Cc1ccccc1Cl)c1ccccc1. The van der Waals surface area contributed by atoms with Crippen LogP contribution in [-0.4, -0.2) is 19.5 Å². The van der Waals surface area contributed by atoms with Crippen molar-refractivity contribution in [2.45, 2.75) is 19.5 Å². The van der Waals surface area contributed by atoms with Gasteiger partial charge in [0.25, 0.3) is 5.91 Å². The molecular formula is C18H22ClN2O+. The highest BCUT2D eigenvalue weighted by Gasteiger charge is 2.14. The molecule has 22 heavy (non-hydrogen) atoms. The summed E-state index contributed by atoms with van der Waals surface area (Å²) in [7, 11) is 2.00. The second kappa shape index (κ2) is 7.97. The Morgan fingerprint density at radius 2 is 1.77 bits per heavy atom. The standard InChI is InChI=1S/C18H21ClN2O/c1-14(15-8-4-3-5-9-15)20-18(22)13-21(2)12-16-10-6-7-11-17(16)19/h3-11,14H,12-13H2,1-2H3,(H,20,22)/p+1/t14-/m0/s1. The summed E-state index contributed by atoms with van der Waals surface area (Å²) in [5.41, 5.74) is 2.17. The Bertz CT molecular complexity index is 615. The van der Waals surface area contributed by atoms with Crippen LogP contribution in [0.3, 0.4) is 0 Å². The third-order valence-corrected chi connectivity index (χ3v) is 3.96. The summed E-state index contributed by atoms with van der Waals surface area (Å²) in [5.74, 6) is 0.0425. The largest absolute Gasteiger partial charge is 0.345 e. The molecule has 116 valence electrons.